The Labute approximate surface area is 198 Å². The standard InChI is InChI=1S/C25H30BrNO5/c1-27(24(29)32-17-18-7-5-4-6-8-18)14-13-25(12-11-21(28)20(26)16-25)19-9-10-22(30-2)23(15-19)31-3/h4-10,15,20H,11-14,16-17H2,1-3H3. The molecule has 32 heavy (non-hydrogen) atoms. The first kappa shape index (κ1) is 24.1. The molecule has 2 aromatic carbocycles. The van der Waals surface area contributed by atoms with E-state index in [1.54, 1.807) is 26.2 Å². The van der Waals surface area contributed by atoms with Gasteiger partial charge in [-0.15, -0.1) is 0 Å². The Hall–Kier alpha value is -2.54. The van der Waals surface area contributed by atoms with Crippen LogP contribution in [0.25, 0.3) is 0 Å². The molecule has 0 N–H and O–H groups in total. The lowest BCUT2D eigenvalue weighted by Crippen LogP contribution is -2.41. The third kappa shape index (κ3) is 5.63. The van der Waals surface area contributed by atoms with Gasteiger partial charge in [0.2, 0.25) is 0 Å². The van der Waals surface area contributed by atoms with Crippen molar-refractivity contribution in [2.75, 3.05) is 27.8 Å². The summed E-state index contributed by atoms with van der Waals surface area (Å²) in [5.74, 6) is 1.54. The lowest BCUT2D eigenvalue weighted by molar-refractivity contribution is -0.120. The van der Waals surface area contributed by atoms with Gasteiger partial charge in [-0.05, 0) is 47.9 Å². The first-order valence-electron chi connectivity index (χ1n) is 10.7. The van der Waals surface area contributed by atoms with Crippen LogP contribution in [0, 0.1) is 0 Å². The van der Waals surface area contributed by atoms with E-state index < -0.39 is 0 Å². The molecule has 0 aromatic heterocycles. The number of ketones is 1. The van der Waals surface area contributed by atoms with Gasteiger partial charge in [0.15, 0.2) is 11.5 Å². The number of amides is 1. The molecule has 1 saturated carbocycles. The van der Waals surface area contributed by atoms with E-state index in [1.807, 2.05) is 48.5 Å². The molecule has 172 valence electrons. The van der Waals surface area contributed by atoms with Crippen molar-refractivity contribution in [1.82, 2.24) is 4.90 Å². The van der Waals surface area contributed by atoms with Gasteiger partial charge in [-0.1, -0.05) is 52.3 Å². The summed E-state index contributed by atoms with van der Waals surface area (Å²) >= 11 is 3.57. The Morgan fingerprint density at radius 1 is 1.12 bits per heavy atom. The molecule has 0 radical (unpaired) electrons. The van der Waals surface area contributed by atoms with E-state index in [-0.39, 0.29) is 28.7 Å². The molecule has 1 amide bonds. The minimum atomic E-state index is -0.362. The zero-order chi connectivity index (χ0) is 23.1. The molecule has 0 spiro atoms. The Balaban J connectivity index is 1.73. The quantitative estimate of drug-likeness (QED) is 0.468. The predicted molar refractivity (Wildman–Crippen MR) is 127 cm³/mol. The largest absolute Gasteiger partial charge is 0.493 e. The second kappa shape index (κ2) is 10.9. The number of alkyl halides is 1. The molecule has 0 bridgehead atoms. The van der Waals surface area contributed by atoms with Crippen LogP contribution in [0.15, 0.2) is 48.5 Å². The Morgan fingerprint density at radius 2 is 1.84 bits per heavy atom. The summed E-state index contributed by atoms with van der Waals surface area (Å²) in [6.07, 6.45) is 2.21. The fourth-order valence-corrected chi connectivity index (χ4v) is 5.03. The Morgan fingerprint density at radius 3 is 2.50 bits per heavy atom. The van der Waals surface area contributed by atoms with Gasteiger partial charge >= 0.3 is 6.09 Å². The SMILES string of the molecule is COc1ccc(C2(CCN(C)C(=O)OCc3ccccc3)CCC(=O)C(Br)C2)cc1OC. The molecule has 0 heterocycles. The lowest BCUT2D eigenvalue weighted by atomic mass is 9.67. The minimum Gasteiger partial charge on any atom is -0.493 e. The summed E-state index contributed by atoms with van der Waals surface area (Å²) in [4.78, 5) is 26.2. The highest BCUT2D eigenvalue weighted by molar-refractivity contribution is 9.10. The van der Waals surface area contributed by atoms with Crippen LogP contribution < -0.4 is 9.47 Å². The number of rotatable bonds is 8. The van der Waals surface area contributed by atoms with Crippen LogP contribution in [0.2, 0.25) is 0 Å². The van der Waals surface area contributed by atoms with Gasteiger partial charge in [-0.3, -0.25) is 4.79 Å². The predicted octanol–water partition coefficient (Wildman–Crippen LogP) is 5.12. The highest BCUT2D eigenvalue weighted by Crippen LogP contribution is 2.45. The maximum atomic E-state index is 12.5. The monoisotopic (exact) mass is 503 g/mol. The van der Waals surface area contributed by atoms with E-state index in [0.29, 0.717) is 37.3 Å². The molecular formula is C25H30BrNO5. The van der Waals surface area contributed by atoms with E-state index >= 15 is 0 Å². The molecule has 2 unspecified atom stereocenters. The molecule has 7 heteroatoms. The van der Waals surface area contributed by atoms with Crippen LogP contribution >= 0.6 is 15.9 Å². The van der Waals surface area contributed by atoms with Gasteiger partial charge < -0.3 is 19.1 Å². The average Bonchev–Trinajstić information content (AvgIpc) is 2.83. The highest BCUT2D eigenvalue weighted by Gasteiger charge is 2.41. The van der Waals surface area contributed by atoms with E-state index in [4.69, 9.17) is 14.2 Å². The number of nitrogens with zero attached hydrogens (tertiary/aromatic N) is 1. The van der Waals surface area contributed by atoms with Crippen LogP contribution in [0.3, 0.4) is 0 Å². The van der Waals surface area contributed by atoms with E-state index in [2.05, 4.69) is 15.9 Å². The molecule has 1 fully saturated rings. The molecule has 6 nitrogen and oxygen atoms in total. The van der Waals surface area contributed by atoms with E-state index in [1.165, 1.54) is 0 Å². The van der Waals surface area contributed by atoms with Crippen molar-refractivity contribution < 1.29 is 23.8 Å². The number of ether oxygens (including phenoxy) is 3. The average molecular weight is 504 g/mol. The summed E-state index contributed by atoms with van der Waals surface area (Å²) in [5, 5.41) is 0. The zero-order valence-corrected chi connectivity index (χ0v) is 20.4. The summed E-state index contributed by atoms with van der Waals surface area (Å²) < 4.78 is 16.4. The van der Waals surface area contributed by atoms with Crippen LogP contribution in [-0.2, 0) is 21.6 Å². The minimum absolute atomic E-state index is 0.209. The molecule has 0 aliphatic heterocycles. The molecule has 1 aliphatic carbocycles. The topological polar surface area (TPSA) is 65.1 Å². The number of halogens is 1. The summed E-state index contributed by atoms with van der Waals surface area (Å²) in [6.45, 7) is 0.749. The van der Waals surface area contributed by atoms with Crippen molar-refractivity contribution in [2.24, 2.45) is 0 Å². The third-order valence-corrected chi connectivity index (χ3v) is 7.04. The van der Waals surface area contributed by atoms with E-state index in [0.717, 1.165) is 17.5 Å². The van der Waals surface area contributed by atoms with Gasteiger partial charge in [0.25, 0.3) is 0 Å². The maximum Gasteiger partial charge on any atom is 0.409 e. The van der Waals surface area contributed by atoms with Gasteiger partial charge in [0.1, 0.15) is 12.4 Å². The molecule has 0 saturated heterocycles. The van der Waals surface area contributed by atoms with Crippen LogP contribution in [0.1, 0.15) is 36.8 Å². The third-order valence-electron chi connectivity index (χ3n) is 6.21. The van der Waals surface area contributed by atoms with Crippen molar-refractivity contribution in [3.63, 3.8) is 0 Å². The van der Waals surface area contributed by atoms with Crippen molar-refractivity contribution in [1.29, 1.82) is 0 Å². The number of carbonyl (C=O) groups is 2. The Bertz CT molecular complexity index is 935. The number of methoxy groups -OCH3 is 2. The van der Waals surface area contributed by atoms with Gasteiger partial charge in [0.05, 0.1) is 19.0 Å². The number of hydrogen-bond acceptors (Lipinski definition) is 5. The summed E-state index contributed by atoms with van der Waals surface area (Å²) in [6, 6.07) is 15.5. The lowest BCUT2D eigenvalue weighted by Gasteiger charge is -2.40. The van der Waals surface area contributed by atoms with Crippen LogP contribution in [0.5, 0.6) is 11.5 Å². The van der Waals surface area contributed by atoms with Gasteiger partial charge in [0, 0.05) is 20.0 Å². The Kier molecular flexibility index (Phi) is 8.18. The number of carbonyl (C=O) groups excluding carboxylic acids is 2. The summed E-state index contributed by atoms with van der Waals surface area (Å²) in [5.41, 5.74) is 1.76. The maximum absolute atomic E-state index is 12.5. The molecule has 1 aliphatic rings. The number of Topliss-reactive ketones (excluding diaryl/α,β-unsaturated/α-hetero) is 1. The van der Waals surface area contributed by atoms with Gasteiger partial charge in [-0.2, -0.15) is 0 Å². The molecular weight excluding hydrogens is 474 g/mol. The smallest absolute Gasteiger partial charge is 0.409 e. The number of benzene rings is 2. The van der Waals surface area contributed by atoms with Crippen LogP contribution in [-0.4, -0.2) is 49.4 Å². The number of hydrogen-bond donors (Lipinski definition) is 0. The normalized spacial score (nSPS) is 20.5. The first-order valence-corrected chi connectivity index (χ1v) is 11.6. The second-order valence-electron chi connectivity index (χ2n) is 8.20. The molecule has 2 atom stereocenters. The zero-order valence-electron chi connectivity index (χ0n) is 18.8. The second-order valence-corrected chi connectivity index (χ2v) is 9.31. The highest BCUT2D eigenvalue weighted by atomic mass is 79.9. The first-order chi connectivity index (χ1) is 15.4. The van der Waals surface area contributed by atoms with E-state index in [9.17, 15) is 9.59 Å². The fourth-order valence-electron chi connectivity index (χ4n) is 4.18. The fraction of sp³-hybridized carbons (Fsp3) is 0.440. The van der Waals surface area contributed by atoms with Crippen molar-refractivity contribution in [2.45, 2.75) is 42.5 Å². The van der Waals surface area contributed by atoms with Crippen molar-refractivity contribution in [3.05, 3.63) is 59.7 Å². The molecule has 2 aromatic rings. The van der Waals surface area contributed by atoms with Crippen LogP contribution in [0.4, 0.5) is 4.79 Å². The van der Waals surface area contributed by atoms with Crippen molar-refractivity contribution >= 4 is 27.8 Å². The van der Waals surface area contributed by atoms with Gasteiger partial charge in [-0.25, -0.2) is 4.79 Å². The van der Waals surface area contributed by atoms with Crippen molar-refractivity contribution in [3.8, 4) is 11.5 Å². The summed E-state index contributed by atoms with van der Waals surface area (Å²) in [7, 11) is 4.97. The molecule has 3 rings (SSSR count).